The Hall–Kier alpha value is -2.60. The number of carbonyl (C=O) groups excluding carboxylic acids is 1. The summed E-state index contributed by atoms with van der Waals surface area (Å²) in [5.74, 6) is -2.27. The van der Waals surface area contributed by atoms with Gasteiger partial charge in [-0.3, -0.25) is 9.59 Å². The van der Waals surface area contributed by atoms with Crippen molar-refractivity contribution in [2.24, 2.45) is 5.92 Å². The van der Waals surface area contributed by atoms with Gasteiger partial charge in [0.1, 0.15) is 11.6 Å². The number of carboxylic acids is 1. The second kappa shape index (κ2) is 7.96. The number of benzene rings is 2. The molecule has 1 heterocycles. The molecule has 142 valence electrons. The fourth-order valence-electron chi connectivity index (χ4n) is 3.47. The number of likely N-dealkylation sites (tertiary alicyclic amines) is 1. The Balaban J connectivity index is 1.79. The third kappa shape index (κ3) is 4.22. The van der Waals surface area contributed by atoms with Crippen molar-refractivity contribution in [3.63, 3.8) is 0 Å². The highest BCUT2D eigenvalue weighted by Crippen LogP contribution is 2.34. The molecule has 1 saturated heterocycles. The molecule has 2 aromatic rings. The summed E-state index contributed by atoms with van der Waals surface area (Å²) < 4.78 is 18.7. The largest absolute Gasteiger partial charge is 0.496 e. The van der Waals surface area contributed by atoms with Crippen molar-refractivity contribution in [2.45, 2.75) is 12.3 Å². The van der Waals surface area contributed by atoms with Gasteiger partial charge in [0.2, 0.25) is 5.91 Å². The van der Waals surface area contributed by atoms with Crippen molar-refractivity contribution in [3.05, 3.63) is 64.4 Å². The normalized spacial score (nSPS) is 19.1. The van der Waals surface area contributed by atoms with E-state index in [0.717, 1.165) is 5.56 Å². The van der Waals surface area contributed by atoms with Crippen LogP contribution >= 0.6 is 11.6 Å². The fraction of sp³-hybridized carbons (Fsp3) is 0.300. The predicted octanol–water partition coefficient (Wildman–Crippen LogP) is 3.36. The summed E-state index contributed by atoms with van der Waals surface area (Å²) in [6.45, 7) is 0.397. The molecule has 1 N–H and O–H groups in total. The molecule has 0 bridgehead atoms. The molecule has 27 heavy (non-hydrogen) atoms. The lowest BCUT2D eigenvalue weighted by Crippen LogP contribution is -2.31. The van der Waals surface area contributed by atoms with Crippen LogP contribution in [0, 0.1) is 11.7 Å². The van der Waals surface area contributed by atoms with Crippen LogP contribution in [0.1, 0.15) is 17.0 Å². The SMILES string of the molecule is COc1ccc(F)cc1CC(=O)N1C[C@@H](C(=O)O)[C@H](c2ccc(Cl)cc2)C1. The Morgan fingerprint density at radius 3 is 2.56 bits per heavy atom. The second-order valence-corrected chi connectivity index (χ2v) is 6.97. The molecule has 0 unspecified atom stereocenters. The van der Waals surface area contributed by atoms with Crippen LogP contribution in [0.3, 0.4) is 0 Å². The topological polar surface area (TPSA) is 66.8 Å². The molecule has 2 atom stereocenters. The molecule has 7 heteroatoms. The van der Waals surface area contributed by atoms with E-state index in [1.54, 1.807) is 24.3 Å². The number of rotatable bonds is 5. The summed E-state index contributed by atoms with van der Waals surface area (Å²) >= 11 is 5.90. The number of aliphatic carboxylic acids is 1. The summed E-state index contributed by atoms with van der Waals surface area (Å²) in [6.07, 6.45) is -0.0550. The summed E-state index contributed by atoms with van der Waals surface area (Å²) in [4.78, 5) is 25.9. The summed E-state index contributed by atoms with van der Waals surface area (Å²) in [6, 6.07) is 11.0. The van der Waals surface area contributed by atoms with Gasteiger partial charge < -0.3 is 14.7 Å². The van der Waals surface area contributed by atoms with Crippen LogP contribution in [-0.4, -0.2) is 42.1 Å². The van der Waals surface area contributed by atoms with E-state index in [2.05, 4.69) is 0 Å². The minimum Gasteiger partial charge on any atom is -0.496 e. The zero-order chi connectivity index (χ0) is 19.6. The molecule has 1 aliphatic rings. The number of carboxylic acid groups (broad SMARTS) is 1. The zero-order valence-electron chi connectivity index (χ0n) is 14.7. The van der Waals surface area contributed by atoms with Crippen LogP contribution in [0.25, 0.3) is 0 Å². The molecule has 0 aliphatic carbocycles. The molecule has 5 nitrogen and oxygen atoms in total. The lowest BCUT2D eigenvalue weighted by atomic mass is 9.89. The van der Waals surface area contributed by atoms with Crippen LogP contribution in [0.4, 0.5) is 4.39 Å². The minimum atomic E-state index is -0.950. The van der Waals surface area contributed by atoms with Gasteiger partial charge in [-0.05, 0) is 35.9 Å². The maximum atomic E-state index is 13.5. The van der Waals surface area contributed by atoms with Crippen molar-refractivity contribution in [3.8, 4) is 5.75 Å². The Bertz CT molecular complexity index is 856. The number of halogens is 2. The number of amides is 1. The van der Waals surface area contributed by atoms with Crippen molar-refractivity contribution in [2.75, 3.05) is 20.2 Å². The van der Waals surface area contributed by atoms with E-state index in [1.165, 1.54) is 30.2 Å². The first-order valence-electron chi connectivity index (χ1n) is 8.47. The predicted molar refractivity (Wildman–Crippen MR) is 98.6 cm³/mol. The van der Waals surface area contributed by atoms with Gasteiger partial charge in [-0.25, -0.2) is 4.39 Å². The zero-order valence-corrected chi connectivity index (χ0v) is 15.4. The molecule has 0 saturated carbocycles. The maximum absolute atomic E-state index is 13.5. The van der Waals surface area contributed by atoms with Gasteiger partial charge >= 0.3 is 5.97 Å². The van der Waals surface area contributed by atoms with E-state index >= 15 is 0 Å². The minimum absolute atomic E-state index is 0.0550. The third-order valence-electron chi connectivity index (χ3n) is 4.87. The molecule has 0 spiro atoms. The molecular formula is C20H19ClFNO4. The molecule has 1 fully saturated rings. The van der Waals surface area contributed by atoms with E-state index in [4.69, 9.17) is 16.3 Å². The van der Waals surface area contributed by atoms with Gasteiger partial charge in [-0.2, -0.15) is 0 Å². The first-order valence-corrected chi connectivity index (χ1v) is 8.85. The molecular weight excluding hydrogens is 373 g/mol. The number of methoxy groups -OCH3 is 1. The Morgan fingerprint density at radius 1 is 1.22 bits per heavy atom. The fourth-order valence-corrected chi connectivity index (χ4v) is 3.59. The molecule has 0 radical (unpaired) electrons. The lowest BCUT2D eigenvalue weighted by Gasteiger charge is -2.17. The summed E-state index contributed by atoms with van der Waals surface area (Å²) in [5, 5.41) is 10.1. The average molecular weight is 392 g/mol. The van der Waals surface area contributed by atoms with Crippen molar-refractivity contribution < 1.29 is 23.8 Å². The number of ether oxygens (including phenoxy) is 1. The van der Waals surface area contributed by atoms with Crippen LogP contribution in [-0.2, 0) is 16.0 Å². The molecule has 1 aliphatic heterocycles. The average Bonchev–Trinajstić information content (AvgIpc) is 3.08. The van der Waals surface area contributed by atoms with Crippen LogP contribution in [0.5, 0.6) is 5.75 Å². The monoisotopic (exact) mass is 391 g/mol. The second-order valence-electron chi connectivity index (χ2n) is 6.53. The summed E-state index contributed by atoms with van der Waals surface area (Å²) in [5.41, 5.74) is 1.26. The summed E-state index contributed by atoms with van der Waals surface area (Å²) in [7, 11) is 1.45. The van der Waals surface area contributed by atoms with E-state index in [9.17, 15) is 19.1 Å². The van der Waals surface area contributed by atoms with Crippen molar-refractivity contribution in [1.29, 1.82) is 0 Å². The van der Waals surface area contributed by atoms with E-state index < -0.39 is 17.7 Å². The molecule has 3 rings (SSSR count). The number of hydrogen-bond donors (Lipinski definition) is 1. The van der Waals surface area contributed by atoms with Gasteiger partial charge in [0.25, 0.3) is 0 Å². The Morgan fingerprint density at radius 2 is 1.93 bits per heavy atom. The van der Waals surface area contributed by atoms with Crippen LogP contribution in [0.15, 0.2) is 42.5 Å². The third-order valence-corrected chi connectivity index (χ3v) is 5.12. The Labute approximate surface area is 161 Å². The van der Waals surface area contributed by atoms with E-state index in [1.807, 2.05) is 0 Å². The van der Waals surface area contributed by atoms with Gasteiger partial charge in [0, 0.05) is 29.6 Å². The molecule has 2 aromatic carbocycles. The van der Waals surface area contributed by atoms with Gasteiger partial charge in [-0.15, -0.1) is 0 Å². The van der Waals surface area contributed by atoms with Gasteiger partial charge in [-0.1, -0.05) is 23.7 Å². The standard InChI is InChI=1S/C20H19ClFNO4/c1-27-18-7-6-15(22)8-13(18)9-19(24)23-10-16(17(11-23)20(25)26)12-2-4-14(21)5-3-12/h2-8,16-17H,9-11H2,1H3,(H,25,26)/t16-,17+/m0/s1. The number of hydrogen-bond acceptors (Lipinski definition) is 3. The van der Waals surface area contributed by atoms with Crippen molar-refractivity contribution >= 4 is 23.5 Å². The Kier molecular flexibility index (Phi) is 5.65. The van der Waals surface area contributed by atoms with E-state index in [0.29, 0.717) is 16.3 Å². The molecule has 1 amide bonds. The highest BCUT2D eigenvalue weighted by molar-refractivity contribution is 6.30. The highest BCUT2D eigenvalue weighted by Gasteiger charge is 2.40. The van der Waals surface area contributed by atoms with Crippen LogP contribution in [0.2, 0.25) is 5.02 Å². The number of carbonyl (C=O) groups is 2. The van der Waals surface area contributed by atoms with Crippen LogP contribution < -0.4 is 4.74 Å². The molecule has 0 aromatic heterocycles. The number of nitrogens with zero attached hydrogens (tertiary/aromatic N) is 1. The quantitative estimate of drug-likeness (QED) is 0.848. The van der Waals surface area contributed by atoms with Crippen molar-refractivity contribution in [1.82, 2.24) is 4.90 Å². The smallest absolute Gasteiger partial charge is 0.308 e. The highest BCUT2D eigenvalue weighted by atomic mass is 35.5. The van der Waals surface area contributed by atoms with E-state index in [-0.39, 0.29) is 31.3 Å². The first kappa shape index (κ1) is 19.2. The lowest BCUT2D eigenvalue weighted by molar-refractivity contribution is -0.141. The maximum Gasteiger partial charge on any atom is 0.308 e. The first-order chi connectivity index (χ1) is 12.9. The van der Waals surface area contributed by atoms with Gasteiger partial charge in [0.15, 0.2) is 0 Å². The van der Waals surface area contributed by atoms with Gasteiger partial charge in [0.05, 0.1) is 19.4 Å².